The van der Waals surface area contributed by atoms with Crippen LogP contribution in [0.3, 0.4) is 0 Å². The van der Waals surface area contributed by atoms with Gasteiger partial charge in [0.15, 0.2) is 6.23 Å². The maximum absolute atomic E-state index is 13.2. The monoisotopic (exact) mass is 408 g/mol. The molecule has 4 N–H and O–H groups in total. The number of rotatable bonds is 4. The van der Waals surface area contributed by atoms with E-state index >= 15 is 0 Å². The number of aromatic amines is 1. The number of aliphatic hydroxyl groups is 3. The standard InChI is InChI=1S/C19H21FN2O7/c1-7-4-8(2)11(9(3)5-7)12(23)10-6-22(19(28)21-17(10)27)18-14(25)13(24)15(29-18)16(20)26/h4-6,13-16,18,24-26H,1-3H3,(H,21,27,28)/t13-,14+,15-,16?,18+/m0/s1. The van der Waals surface area contributed by atoms with Gasteiger partial charge in [-0.25, -0.2) is 9.18 Å². The SMILES string of the molecule is Cc1cc(C)c(C(=O)c2cn([C@@H]3O[C@H](C(O)F)[C@@H](O)[C@H]3O)c(=O)[nH]c2=O)c(C)c1. The molecule has 0 spiro atoms. The average Bonchev–Trinajstić information content (AvgIpc) is 2.89. The number of nitrogens with one attached hydrogen (secondary N) is 1. The van der Waals surface area contributed by atoms with Crippen molar-refractivity contribution in [2.75, 3.05) is 0 Å². The minimum absolute atomic E-state index is 0.288. The van der Waals surface area contributed by atoms with Crippen LogP contribution in [0.25, 0.3) is 0 Å². The Bertz CT molecular complexity index is 1050. The molecule has 1 aliphatic rings. The van der Waals surface area contributed by atoms with Gasteiger partial charge in [0.05, 0.1) is 0 Å². The summed E-state index contributed by atoms with van der Waals surface area (Å²) in [6, 6.07) is 3.55. The molecular weight excluding hydrogens is 387 g/mol. The molecule has 0 amide bonds. The number of aryl methyl sites for hydroxylation is 3. The Morgan fingerprint density at radius 3 is 2.28 bits per heavy atom. The minimum Gasteiger partial charge on any atom is -0.387 e. The highest BCUT2D eigenvalue weighted by atomic mass is 19.1. The Morgan fingerprint density at radius 1 is 1.17 bits per heavy atom. The number of hydrogen-bond acceptors (Lipinski definition) is 7. The van der Waals surface area contributed by atoms with E-state index < -0.39 is 53.5 Å². The molecule has 1 saturated heterocycles. The van der Waals surface area contributed by atoms with E-state index in [1.54, 1.807) is 26.0 Å². The van der Waals surface area contributed by atoms with Crippen molar-refractivity contribution in [3.8, 4) is 0 Å². The van der Waals surface area contributed by atoms with Crippen molar-refractivity contribution in [2.24, 2.45) is 0 Å². The second-order valence-corrected chi connectivity index (χ2v) is 7.16. The highest BCUT2D eigenvalue weighted by Crippen LogP contribution is 2.30. The summed E-state index contributed by atoms with van der Waals surface area (Å²) in [5.74, 6) is -0.648. The summed E-state index contributed by atoms with van der Waals surface area (Å²) in [5.41, 5.74) is 0.128. The van der Waals surface area contributed by atoms with E-state index in [1.807, 2.05) is 11.9 Å². The van der Waals surface area contributed by atoms with Crippen LogP contribution in [-0.2, 0) is 4.74 Å². The van der Waals surface area contributed by atoms with Gasteiger partial charge in [-0.15, -0.1) is 0 Å². The van der Waals surface area contributed by atoms with Gasteiger partial charge in [-0.1, -0.05) is 17.7 Å². The first-order valence-corrected chi connectivity index (χ1v) is 8.84. The molecule has 156 valence electrons. The average molecular weight is 408 g/mol. The Labute approximate surface area is 164 Å². The summed E-state index contributed by atoms with van der Waals surface area (Å²) in [6.07, 6.45) is -8.72. The van der Waals surface area contributed by atoms with Crippen LogP contribution in [0.1, 0.15) is 38.8 Å². The highest BCUT2D eigenvalue weighted by molar-refractivity contribution is 6.10. The van der Waals surface area contributed by atoms with Gasteiger partial charge in [0.25, 0.3) is 5.56 Å². The molecule has 2 heterocycles. The molecule has 1 aromatic carbocycles. The van der Waals surface area contributed by atoms with E-state index in [9.17, 15) is 29.0 Å². The maximum Gasteiger partial charge on any atom is 0.330 e. The van der Waals surface area contributed by atoms with Gasteiger partial charge in [-0.2, -0.15) is 0 Å². The summed E-state index contributed by atoms with van der Waals surface area (Å²) in [7, 11) is 0. The van der Waals surface area contributed by atoms with E-state index in [4.69, 9.17) is 9.84 Å². The van der Waals surface area contributed by atoms with Crippen LogP contribution in [0.2, 0.25) is 0 Å². The molecule has 1 unspecified atom stereocenters. The molecule has 0 saturated carbocycles. The van der Waals surface area contributed by atoms with Gasteiger partial charge in [-0.3, -0.25) is 19.1 Å². The predicted molar refractivity (Wildman–Crippen MR) is 98.4 cm³/mol. The van der Waals surface area contributed by atoms with E-state index in [-0.39, 0.29) is 5.56 Å². The van der Waals surface area contributed by atoms with Crippen LogP contribution < -0.4 is 11.2 Å². The second-order valence-electron chi connectivity index (χ2n) is 7.16. The van der Waals surface area contributed by atoms with Crippen molar-refractivity contribution in [2.45, 2.75) is 51.7 Å². The number of aromatic nitrogens is 2. The van der Waals surface area contributed by atoms with Crippen LogP contribution in [0.15, 0.2) is 27.9 Å². The predicted octanol–water partition coefficient (Wildman–Crippen LogP) is -0.400. The van der Waals surface area contributed by atoms with Gasteiger partial charge in [0.2, 0.25) is 12.1 Å². The number of alkyl halides is 1. The molecule has 29 heavy (non-hydrogen) atoms. The molecule has 10 heteroatoms. The number of nitrogens with zero attached hydrogens (tertiary/aromatic N) is 1. The van der Waals surface area contributed by atoms with Gasteiger partial charge in [-0.05, 0) is 31.9 Å². The molecule has 3 rings (SSSR count). The second kappa shape index (κ2) is 7.64. The molecule has 0 bridgehead atoms. The van der Waals surface area contributed by atoms with E-state index in [0.29, 0.717) is 15.7 Å². The third kappa shape index (κ3) is 3.67. The first-order chi connectivity index (χ1) is 13.5. The normalized spacial score (nSPS) is 25.2. The van der Waals surface area contributed by atoms with Crippen LogP contribution >= 0.6 is 0 Å². The smallest absolute Gasteiger partial charge is 0.330 e. The largest absolute Gasteiger partial charge is 0.387 e. The quantitative estimate of drug-likeness (QED) is 0.504. The molecule has 1 aliphatic heterocycles. The zero-order chi connectivity index (χ0) is 21.6. The summed E-state index contributed by atoms with van der Waals surface area (Å²) >= 11 is 0. The van der Waals surface area contributed by atoms with Crippen molar-refractivity contribution >= 4 is 5.78 Å². The molecule has 0 radical (unpaired) electrons. The number of carbonyl (C=O) groups excluding carboxylic acids is 1. The summed E-state index contributed by atoms with van der Waals surface area (Å²) in [5, 5.41) is 29.0. The number of ether oxygens (including phenoxy) is 1. The topological polar surface area (TPSA) is 142 Å². The zero-order valence-electron chi connectivity index (χ0n) is 15.9. The van der Waals surface area contributed by atoms with Crippen LogP contribution in [0.5, 0.6) is 0 Å². The summed E-state index contributed by atoms with van der Waals surface area (Å²) < 4.78 is 18.9. The Kier molecular flexibility index (Phi) is 5.54. The van der Waals surface area contributed by atoms with E-state index in [0.717, 1.165) is 11.8 Å². The lowest BCUT2D eigenvalue weighted by molar-refractivity contribution is -0.131. The number of aliphatic hydroxyl groups excluding tert-OH is 3. The third-order valence-electron chi connectivity index (χ3n) is 4.94. The fraction of sp³-hybridized carbons (Fsp3) is 0.421. The van der Waals surface area contributed by atoms with Crippen molar-refractivity contribution < 1.29 is 29.2 Å². The number of H-pyrrole nitrogens is 1. The van der Waals surface area contributed by atoms with Crippen molar-refractivity contribution in [3.05, 3.63) is 67.0 Å². The molecule has 0 aliphatic carbocycles. The highest BCUT2D eigenvalue weighted by Gasteiger charge is 2.47. The van der Waals surface area contributed by atoms with Crippen molar-refractivity contribution in [3.63, 3.8) is 0 Å². The first-order valence-electron chi connectivity index (χ1n) is 8.84. The third-order valence-corrected chi connectivity index (χ3v) is 4.94. The lowest BCUT2D eigenvalue weighted by Crippen LogP contribution is -2.40. The molecule has 5 atom stereocenters. The van der Waals surface area contributed by atoms with Crippen LogP contribution in [-0.4, -0.2) is 55.3 Å². The molecule has 1 aromatic heterocycles. The number of benzene rings is 1. The van der Waals surface area contributed by atoms with E-state index in [2.05, 4.69) is 0 Å². The van der Waals surface area contributed by atoms with Gasteiger partial charge in [0, 0.05) is 11.8 Å². The van der Waals surface area contributed by atoms with Gasteiger partial charge >= 0.3 is 5.69 Å². The zero-order valence-corrected chi connectivity index (χ0v) is 15.9. The Hall–Kier alpha value is -2.66. The maximum atomic E-state index is 13.2. The molecule has 1 fully saturated rings. The molecular formula is C19H21FN2O7. The summed E-state index contributed by atoms with van der Waals surface area (Å²) in [4.78, 5) is 39.5. The van der Waals surface area contributed by atoms with Crippen LogP contribution in [0.4, 0.5) is 4.39 Å². The number of carbonyl (C=O) groups is 1. The minimum atomic E-state index is -2.61. The summed E-state index contributed by atoms with van der Waals surface area (Å²) in [6.45, 7) is 5.29. The lowest BCUT2D eigenvalue weighted by Gasteiger charge is -2.18. The molecule has 2 aromatic rings. The fourth-order valence-corrected chi connectivity index (χ4v) is 3.65. The van der Waals surface area contributed by atoms with Gasteiger partial charge in [0.1, 0.15) is 23.9 Å². The number of ketones is 1. The lowest BCUT2D eigenvalue weighted by atomic mass is 9.94. The van der Waals surface area contributed by atoms with Crippen LogP contribution in [0, 0.1) is 20.8 Å². The number of halogens is 1. The first kappa shape index (κ1) is 21.1. The Morgan fingerprint density at radius 2 is 1.76 bits per heavy atom. The van der Waals surface area contributed by atoms with Crippen molar-refractivity contribution in [1.29, 1.82) is 0 Å². The van der Waals surface area contributed by atoms with Crippen molar-refractivity contribution in [1.82, 2.24) is 9.55 Å². The Balaban J connectivity index is 2.09. The molecule has 9 nitrogen and oxygen atoms in total. The van der Waals surface area contributed by atoms with E-state index in [1.165, 1.54) is 0 Å². The fourth-order valence-electron chi connectivity index (χ4n) is 3.65. The van der Waals surface area contributed by atoms with Gasteiger partial charge < -0.3 is 20.1 Å². The number of hydrogen-bond donors (Lipinski definition) is 4.